The molecule has 5 nitrogen and oxygen atoms in total. The lowest BCUT2D eigenvalue weighted by molar-refractivity contribution is 0.0887. The molecule has 1 aromatic rings. The van der Waals surface area contributed by atoms with Crippen molar-refractivity contribution in [3.63, 3.8) is 0 Å². The highest BCUT2D eigenvalue weighted by Gasteiger charge is 2.38. The fourth-order valence-corrected chi connectivity index (χ4v) is 3.15. The van der Waals surface area contributed by atoms with Crippen molar-refractivity contribution in [3.8, 4) is 5.75 Å². The summed E-state index contributed by atoms with van der Waals surface area (Å²) < 4.78 is 0.878. The average Bonchev–Trinajstić information content (AvgIpc) is 2.44. The van der Waals surface area contributed by atoms with Crippen molar-refractivity contribution in [2.75, 3.05) is 20.1 Å². The van der Waals surface area contributed by atoms with E-state index < -0.39 is 5.54 Å². The molecular weight excluding hydrogens is 401 g/mol. The first-order valence-electron chi connectivity index (χ1n) is 6.63. The lowest BCUT2D eigenvalue weighted by atomic mass is 9.87. The molecule has 21 heavy (non-hydrogen) atoms. The predicted octanol–water partition coefficient (Wildman–Crippen LogP) is 1.48. The Hall–Kier alpha value is -0.930. The summed E-state index contributed by atoms with van der Waals surface area (Å²) in [6.45, 7) is 1.63. The van der Waals surface area contributed by atoms with Gasteiger partial charge in [0.25, 0.3) is 5.91 Å². The maximum Gasteiger partial charge on any atom is 0.255 e. The molecule has 1 aromatic carbocycles. The second kappa shape index (κ2) is 6.45. The van der Waals surface area contributed by atoms with Gasteiger partial charge in [-0.15, -0.1) is 0 Å². The van der Waals surface area contributed by atoms with Gasteiger partial charge < -0.3 is 21.1 Å². The van der Waals surface area contributed by atoms with Crippen molar-refractivity contribution in [3.05, 3.63) is 27.3 Å². The number of nitrogens with two attached hydrogens (primary N) is 1. The Balaban J connectivity index is 2.23. The molecule has 2 rings (SSSR count). The Labute approximate surface area is 143 Å². The van der Waals surface area contributed by atoms with Gasteiger partial charge in [-0.05, 0) is 60.7 Å². The zero-order chi connectivity index (χ0) is 15.6. The number of halogens is 1. The van der Waals surface area contributed by atoms with Gasteiger partial charge in [0.15, 0.2) is 0 Å². The van der Waals surface area contributed by atoms with Gasteiger partial charge in [-0.3, -0.25) is 4.79 Å². The first-order chi connectivity index (χ1) is 9.84. The number of phenols is 1. The van der Waals surface area contributed by atoms with Crippen molar-refractivity contribution in [2.24, 2.45) is 5.73 Å². The maximum atomic E-state index is 12.5. The van der Waals surface area contributed by atoms with Gasteiger partial charge in [-0.25, -0.2) is 0 Å². The first kappa shape index (κ1) is 16.4. The fourth-order valence-electron chi connectivity index (χ4n) is 2.41. The van der Waals surface area contributed by atoms with Crippen molar-refractivity contribution in [2.45, 2.75) is 18.4 Å². The van der Waals surface area contributed by atoms with Crippen LogP contribution in [0, 0.1) is 3.57 Å². The third-order valence-electron chi connectivity index (χ3n) is 3.87. The largest absolute Gasteiger partial charge is 0.507 e. The number of thiocarbonyl (C=S) groups is 1. The van der Waals surface area contributed by atoms with Crippen LogP contribution in [-0.2, 0) is 0 Å². The maximum absolute atomic E-state index is 12.5. The lowest BCUT2D eigenvalue weighted by Gasteiger charge is -2.40. The van der Waals surface area contributed by atoms with E-state index in [0.717, 1.165) is 16.7 Å². The second-order valence-electron chi connectivity index (χ2n) is 5.37. The molecular formula is C14H18IN3O2S. The molecule has 7 heteroatoms. The first-order valence-corrected chi connectivity index (χ1v) is 8.12. The minimum atomic E-state index is -0.674. The molecule has 0 unspecified atom stereocenters. The lowest BCUT2D eigenvalue weighted by Crippen LogP contribution is -2.61. The van der Waals surface area contributed by atoms with Gasteiger partial charge in [-0.2, -0.15) is 0 Å². The number of piperidine rings is 1. The molecule has 0 radical (unpaired) electrons. The summed E-state index contributed by atoms with van der Waals surface area (Å²) in [6, 6.07) is 4.90. The number of nitrogens with one attached hydrogen (secondary N) is 1. The Morgan fingerprint density at radius 3 is 2.67 bits per heavy atom. The van der Waals surface area contributed by atoms with Crippen LogP contribution in [0.15, 0.2) is 18.2 Å². The van der Waals surface area contributed by atoms with Crippen LogP contribution in [0.4, 0.5) is 0 Å². The van der Waals surface area contributed by atoms with Gasteiger partial charge in [0.05, 0.1) is 16.1 Å². The quantitative estimate of drug-likeness (QED) is 0.511. The van der Waals surface area contributed by atoms with E-state index in [9.17, 15) is 9.90 Å². The third-order valence-corrected chi connectivity index (χ3v) is 4.93. The molecule has 1 amide bonds. The van der Waals surface area contributed by atoms with Crippen LogP contribution in [0.25, 0.3) is 0 Å². The molecule has 1 heterocycles. The van der Waals surface area contributed by atoms with E-state index in [2.05, 4.69) is 32.8 Å². The van der Waals surface area contributed by atoms with Crippen LogP contribution in [0.3, 0.4) is 0 Å². The smallest absolute Gasteiger partial charge is 0.255 e. The predicted molar refractivity (Wildman–Crippen MR) is 94.5 cm³/mol. The Morgan fingerprint density at radius 2 is 2.10 bits per heavy atom. The standard InChI is InChI=1S/C14H18IN3O2S/c1-18-6-4-14(5-7-18,13(16)21)17-12(20)10-8-9(15)2-3-11(10)19/h2-3,8,19H,4-7H2,1H3,(H2,16,21)(H,17,20). The zero-order valence-electron chi connectivity index (χ0n) is 11.7. The summed E-state index contributed by atoms with van der Waals surface area (Å²) >= 11 is 7.27. The molecule has 0 atom stereocenters. The van der Waals surface area contributed by atoms with Crippen LogP contribution in [0.1, 0.15) is 23.2 Å². The van der Waals surface area contributed by atoms with Crippen LogP contribution in [0.5, 0.6) is 5.75 Å². The van der Waals surface area contributed by atoms with E-state index in [1.54, 1.807) is 12.1 Å². The van der Waals surface area contributed by atoms with Crippen molar-refractivity contribution < 1.29 is 9.90 Å². The molecule has 1 fully saturated rings. The van der Waals surface area contributed by atoms with Gasteiger partial charge in [0, 0.05) is 16.7 Å². The average molecular weight is 419 g/mol. The van der Waals surface area contributed by atoms with Gasteiger partial charge >= 0.3 is 0 Å². The highest BCUT2D eigenvalue weighted by molar-refractivity contribution is 14.1. The summed E-state index contributed by atoms with van der Waals surface area (Å²) in [5.41, 5.74) is 5.45. The molecule has 1 aliphatic rings. The number of likely N-dealkylation sites (tertiary alicyclic amines) is 1. The monoisotopic (exact) mass is 419 g/mol. The van der Waals surface area contributed by atoms with E-state index in [1.807, 2.05) is 7.05 Å². The minimum absolute atomic E-state index is 0.0427. The SMILES string of the molecule is CN1CCC(NC(=O)c2cc(I)ccc2O)(C(N)=S)CC1. The Bertz CT molecular complexity index is 571. The van der Waals surface area contributed by atoms with Crippen molar-refractivity contribution in [1.82, 2.24) is 10.2 Å². The molecule has 1 saturated heterocycles. The van der Waals surface area contributed by atoms with Crippen molar-refractivity contribution in [1.29, 1.82) is 0 Å². The second-order valence-corrected chi connectivity index (χ2v) is 7.05. The molecule has 0 aromatic heterocycles. The normalized spacial score (nSPS) is 18.2. The summed E-state index contributed by atoms with van der Waals surface area (Å²) in [4.78, 5) is 14.9. The number of rotatable bonds is 3. The van der Waals surface area contributed by atoms with E-state index in [4.69, 9.17) is 18.0 Å². The van der Waals surface area contributed by atoms with E-state index >= 15 is 0 Å². The molecule has 0 bridgehead atoms. The number of carbonyl (C=O) groups is 1. The Morgan fingerprint density at radius 1 is 1.48 bits per heavy atom. The van der Waals surface area contributed by atoms with Crippen LogP contribution < -0.4 is 11.1 Å². The summed E-state index contributed by atoms with van der Waals surface area (Å²) in [5.74, 6) is -0.387. The highest BCUT2D eigenvalue weighted by Crippen LogP contribution is 2.25. The summed E-state index contributed by atoms with van der Waals surface area (Å²) in [7, 11) is 2.02. The molecule has 0 spiro atoms. The number of hydrogen-bond acceptors (Lipinski definition) is 4. The molecule has 1 aliphatic heterocycles. The summed E-state index contributed by atoms with van der Waals surface area (Å²) in [6.07, 6.45) is 1.35. The van der Waals surface area contributed by atoms with E-state index in [0.29, 0.717) is 17.8 Å². The van der Waals surface area contributed by atoms with Gasteiger partial charge in [0.2, 0.25) is 0 Å². The van der Waals surface area contributed by atoms with Crippen molar-refractivity contribution >= 4 is 45.7 Å². The number of aromatic hydroxyl groups is 1. The fraction of sp³-hybridized carbons (Fsp3) is 0.429. The van der Waals surface area contributed by atoms with Crippen LogP contribution in [0.2, 0.25) is 0 Å². The number of benzene rings is 1. The number of nitrogens with zero attached hydrogens (tertiary/aromatic N) is 1. The Kier molecular flexibility index (Phi) is 5.05. The van der Waals surface area contributed by atoms with Gasteiger partial charge in [-0.1, -0.05) is 12.2 Å². The number of phenolic OH excluding ortho intramolecular Hbond substituents is 1. The van der Waals surface area contributed by atoms with E-state index in [1.165, 1.54) is 6.07 Å². The van der Waals surface area contributed by atoms with Gasteiger partial charge in [0.1, 0.15) is 5.75 Å². The number of hydrogen-bond donors (Lipinski definition) is 3. The molecule has 0 aliphatic carbocycles. The molecule has 114 valence electrons. The number of amides is 1. The van der Waals surface area contributed by atoms with E-state index in [-0.39, 0.29) is 17.2 Å². The van der Waals surface area contributed by atoms with Crippen LogP contribution >= 0.6 is 34.8 Å². The zero-order valence-corrected chi connectivity index (χ0v) is 14.7. The number of carbonyl (C=O) groups excluding carboxylic acids is 1. The summed E-state index contributed by atoms with van der Waals surface area (Å²) in [5, 5.41) is 12.8. The highest BCUT2D eigenvalue weighted by atomic mass is 127. The molecule has 0 saturated carbocycles. The molecule has 4 N–H and O–H groups in total. The van der Waals surface area contributed by atoms with Crippen LogP contribution in [-0.4, -0.2) is 46.6 Å². The minimum Gasteiger partial charge on any atom is -0.507 e. The third kappa shape index (κ3) is 3.64. The topological polar surface area (TPSA) is 78.6 Å².